The second-order valence-corrected chi connectivity index (χ2v) is 7.19. The van der Waals surface area contributed by atoms with E-state index in [0.29, 0.717) is 17.7 Å². The lowest BCUT2D eigenvalue weighted by molar-refractivity contribution is -0.115. The van der Waals surface area contributed by atoms with Crippen LogP contribution in [0.2, 0.25) is 0 Å². The first-order chi connectivity index (χ1) is 11.3. The van der Waals surface area contributed by atoms with Crippen LogP contribution in [0.15, 0.2) is 53.4 Å². The normalized spacial score (nSPS) is 10.9. The number of rotatable bonds is 5. The summed E-state index contributed by atoms with van der Waals surface area (Å²) in [6, 6.07) is 12.6. The largest absolute Gasteiger partial charge is 0.326 e. The number of sulfone groups is 1. The van der Waals surface area contributed by atoms with Gasteiger partial charge >= 0.3 is 0 Å². The predicted molar refractivity (Wildman–Crippen MR) is 92.9 cm³/mol. The first kappa shape index (κ1) is 17.7. The Kier molecular flexibility index (Phi) is 5.35. The monoisotopic (exact) mass is 346 g/mol. The molecule has 0 atom stereocenters. The lowest BCUT2D eigenvalue weighted by atomic mass is 10.1. The van der Waals surface area contributed by atoms with E-state index in [-0.39, 0.29) is 16.5 Å². The molecule has 2 rings (SSSR count). The zero-order valence-electron chi connectivity index (χ0n) is 13.4. The van der Waals surface area contributed by atoms with Gasteiger partial charge in [0.05, 0.1) is 10.6 Å². The molecular formula is C17H18N2O4S. The molecule has 2 N–H and O–H groups in total. The summed E-state index contributed by atoms with van der Waals surface area (Å²) in [6.07, 6.45) is 1.41. The summed E-state index contributed by atoms with van der Waals surface area (Å²) in [5.41, 5.74) is 1.03. The molecule has 126 valence electrons. The van der Waals surface area contributed by atoms with Gasteiger partial charge in [0.2, 0.25) is 5.91 Å². The smallest absolute Gasteiger partial charge is 0.255 e. The third-order valence-corrected chi connectivity index (χ3v) is 4.42. The van der Waals surface area contributed by atoms with Crippen LogP contribution in [0, 0.1) is 0 Å². The quantitative estimate of drug-likeness (QED) is 0.870. The molecule has 0 bridgehead atoms. The number of hydrogen-bond donors (Lipinski definition) is 2. The van der Waals surface area contributed by atoms with Gasteiger partial charge in [0.15, 0.2) is 9.84 Å². The lowest BCUT2D eigenvalue weighted by Gasteiger charge is -2.10. The van der Waals surface area contributed by atoms with Crippen molar-refractivity contribution in [2.75, 3.05) is 16.9 Å². The van der Waals surface area contributed by atoms with Gasteiger partial charge in [-0.25, -0.2) is 8.42 Å². The Hall–Kier alpha value is -2.67. The van der Waals surface area contributed by atoms with Crippen molar-refractivity contribution in [1.29, 1.82) is 0 Å². The molecule has 0 aliphatic rings. The third-order valence-electron chi connectivity index (χ3n) is 3.26. The fourth-order valence-electron chi connectivity index (χ4n) is 2.08. The van der Waals surface area contributed by atoms with Crippen molar-refractivity contribution in [3.05, 3.63) is 54.1 Å². The Morgan fingerprint density at radius 1 is 1.00 bits per heavy atom. The number of benzene rings is 2. The third kappa shape index (κ3) is 4.42. The number of anilines is 2. The number of hydrogen-bond acceptors (Lipinski definition) is 4. The van der Waals surface area contributed by atoms with E-state index in [1.54, 1.807) is 37.3 Å². The maximum atomic E-state index is 12.4. The van der Waals surface area contributed by atoms with Gasteiger partial charge in [-0.3, -0.25) is 9.59 Å². The Morgan fingerprint density at radius 2 is 1.71 bits per heavy atom. The van der Waals surface area contributed by atoms with Gasteiger partial charge in [-0.05, 0) is 30.3 Å². The van der Waals surface area contributed by atoms with Crippen LogP contribution in [-0.4, -0.2) is 26.5 Å². The highest BCUT2D eigenvalue weighted by molar-refractivity contribution is 7.90. The minimum atomic E-state index is -3.46. The van der Waals surface area contributed by atoms with E-state index in [9.17, 15) is 18.0 Å². The zero-order valence-corrected chi connectivity index (χ0v) is 14.2. The zero-order chi connectivity index (χ0) is 17.7. The molecule has 6 nitrogen and oxygen atoms in total. The molecular weight excluding hydrogens is 328 g/mol. The van der Waals surface area contributed by atoms with E-state index >= 15 is 0 Å². The van der Waals surface area contributed by atoms with E-state index in [0.717, 1.165) is 6.26 Å². The topological polar surface area (TPSA) is 92.3 Å². The van der Waals surface area contributed by atoms with E-state index in [2.05, 4.69) is 10.6 Å². The maximum Gasteiger partial charge on any atom is 0.255 e. The maximum absolute atomic E-state index is 12.4. The van der Waals surface area contributed by atoms with Crippen molar-refractivity contribution in [3.8, 4) is 0 Å². The highest BCUT2D eigenvalue weighted by atomic mass is 32.2. The summed E-state index contributed by atoms with van der Waals surface area (Å²) in [5, 5.41) is 5.27. The Bertz CT molecular complexity index is 876. The highest BCUT2D eigenvalue weighted by Gasteiger charge is 2.15. The molecule has 0 aromatic heterocycles. The Labute approximate surface area is 140 Å². The predicted octanol–water partition coefficient (Wildman–Crippen LogP) is 2.69. The number of para-hydroxylation sites is 1. The Balaban J connectivity index is 2.25. The molecule has 0 saturated heterocycles. The van der Waals surface area contributed by atoms with Crippen molar-refractivity contribution in [2.24, 2.45) is 0 Å². The molecule has 0 fully saturated rings. The van der Waals surface area contributed by atoms with Crippen molar-refractivity contribution in [2.45, 2.75) is 18.2 Å². The van der Waals surface area contributed by atoms with Gasteiger partial charge in [-0.15, -0.1) is 0 Å². The van der Waals surface area contributed by atoms with Crippen LogP contribution in [0.4, 0.5) is 11.4 Å². The van der Waals surface area contributed by atoms with Gasteiger partial charge in [0.1, 0.15) is 0 Å². The molecule has 0 unspecified atom stereocenters. The minimum Gasteiger partial charge on any atom is -0.326 e. The summed E-state index contributed by atoms with van der Waals surface area (Å²) in [6.45, 7) is 1.73. The van der Waals surface area contributed by atoms with Crippen molar-refractivity contribution >= 4 is 33.0 Å². The molecule has 0 aliphatic carbocycles. The van der Waals surface area contributed by atoms with Crippen LogP contribution in [0.1, 0.15) is 23.7 Å². The number of carbonyl (C=O) groups is 2. The molecule has 0 aliphatic heterocycles. The molecule has 0 radical (unpaired) electrons. The average molecular weight is 346 g/mol. The lowest BCUT2D eigenvalue weighted by Crippen LogP contribution is -2.15. The summed E-state index contributed by atoms with van der Waals surface area (Å²) in [5.74, 6) is -0.617. The van der Waals surface area contributed by atoms with Gasteiger partial charge in [0, 0.05) is 23.9 Å². The minimum absolute atomic E-state index is 0.0498. The molecule has 24 heavy (non-hydrogen) atoms. The molecule has 2 amide bonds. The highest BCUT2D eigenvalue weighted by Crippen LogP contribution is 2.21. The average Bonchev–Trinajstić information content (AvgIpc) is 2.54. The second-order valence-electron chi connectivity index (χ2n) is 5.20. The van der Waals surface area contributed by atoms with Crippen LogP contribution >= 0.6 is 0 Å². The number of carbonyl (C=O) groups excluding carboxylic acids is 2. The van der Waals surface area contributed by atoms with Crippen LogP contribution in [-0.2, 0) is 14.6 Å². The van der Waals surface area contributed by atoms with Crippen molar-refractivity contribution in [1.82, 2.24) is 0 Å². The molecule has 0 saturated carbocycles. The van der Waals surface area contributed by atoms with Gasteiger partial charge in [-0.1, -0.05) is 25.1 Å². The van der Waals surface area contributed by atoms with E-state index in [1.807, 2.05) is 0 Å². The standard InChI is InChI=1S/C17H18N2O4S/c1-3-16(20)18-13-8-6-7-12(11-13)17(21)19-14-9-4-5-10-15(14)24(2,22)23/h4-11H,3H2,1-2H3,(H,18,20)(H,19,21). The van der Waals surface area contributed by atoms with Gasteiger partial charge in [0.25, 0.3) is 5.91 Å². The molecule has 2 aromatic rings. The van der Waals surface area contributed by atoms with Crippen molar-refractivity contribution in [3.63, 3.8) is 0 Å². The van der Waals surface area contributed by atoms with Gasteiger partial charge in [-0.2, -0.15) is 0 Å². The summed E-state index contributed by atoms with van der Waals surface area (Å²) >= 11 is 0. The van der Waals surface area contributed by atoms with Crippen LogP contribution < -0.4 is 10.6 Å². The fraction of sp³-hybridized carbons (Fsp3) is 0.176. The summed E-state index contributed by atoms with van der Waals surface area (Å²) < 4.78 is 23.6. The molecule has 0 heterocycles. The molecule has 0 spiro atoms. The first-order valence-corrected chi connectivity index (χ1v) is 9.20. The Morgan fingerprint density at radius 3 is 2.38 bits per heavy atom. The van der Waals surface area contributed by atoms with Crippen LogP contribution in [0.3, 0.4) is 0 Å². The number of nitrogens with one attached hydrogen (secondary N) is 2. The van der Waals surface area contributed by atoms with Crippen LogP contribution in [0.5, 0.6) is 0 Å². The summed E-state index contributed by atoms with van der Waals surface area (Å²) in [4.78, 5) is 23.9. The fourth-order valence-corrected chi connectivity index (χ4v) is 2.92. The second kappa shape index (κ2) is 7.27. The molecule has 7 heteroatoms. The van der Waals surface area contributed by atoms with E-state index in [4.69, 9.17) is 0 Å². The molecule has 2 aromatic carbocycles. The van der Waals surface area contributed by atoms with Crippen LogP contribution in [0.25, 0.3) is 0 Å². The van der Waals surface area contributed by atoms with E-state index < -0.39 is 15.7 Å². The first-order valence-electron chi connectivity index (χ1n) is 7.31. The number of amides is 2. The SMILES string of the molecule is CCC(=O)Nc1cccc(C(=O)Nc2ccccc2S(C)(=O)=O)c1. The van der Waals surface area contributed by atoms with Crippen molar-refractivity contribution < 1.29 is 18.0 Å². The van der Waals surface area contributed by atoms with E-state index in [1.165, 1.54) is 18.2 Å². The van der Waals surface area contributed by atoms with Gasteiger partial charge < -0.3 is 10.6 Å². The summed E-state index contributed by atoms with van der Waals surface area (Å²) in [7, 11) is -3.46.